The predicted molar refractivity (Wildman–Crippen MR) is 331 cm³/mol. The average molecular weight is 1150 g/mol. The van der Waals surface area contributed by atoms with E-state index in [-0.39, 0.29) is 50.3 Å². The fraction of sp³-hybridized carbons (Fsp3) is 0.837. The van der Waals surface area contributed by atoms with E-state index in [1.165, 1.54) is 41.6 Å². The summed E-state index contributed by atoms with van der Waals surface area (Å²) in [6.45, 7) is 37.4. The normalized spacial score (nSPS) is 41.8. The molecule has 0 spiro atoms. The zero-order valence-corrected chi connectivity index (χ0v) is 57.9. The highest BCUT2D eigenvalue weighted by Crippen LogP contribution is 2.45. The van der Waals surface area contributed by atoms with E-state index in [2.05, 4.69) is 109 Å². The molecule has 4 aliphatic carbocycles. The van der Waals surface area contributed by atoms with Crippen LogP contribution in [-0.2, 0) is 32.3 Å². The summed E-state index contributed by atoms with van der Waals surface area (Å²) in [4.78, 5) is 23.3. The van der Waals surface area contributed by atoms with Gasteiger partial charge in [-0.15, -0.1) is 0 Å². The first-order valence-corrected chi connectivity index (χ1v) is 60.9. The number of ether oxygens (including phenoxy) is 2. The summed E-state index contributed by atoms with van der Waals surface area (Å²) in [6, 6.07) is 0. The molecule has 2 saturated carbocycles. The van der Waals surface area contributed by atoms with Crippen molar-refractivity contribution in [3.8, 4) is 0 Å². The molecule has 0 aromatic carbocycles. The Morgan fingerprint density at radius 3 is 1.21 bits per heavy atom. The molecular weight excluding hydrogens is 1040 g/mol. The number of hydrogen-bond donors (Lipinski definition) is 0. The van der Waals surface area contributed by atoms with Gasteiger partial charge in [0, 0.05) is 91.9 Å². The molecular formula is C49H108O7Si12. The van der Waals surface area contributed by atoms with Gasteiger partial charge in [-0.2, -0.15) is 0 Å². The molecule has 0 radical (unpaired) electrons. The Kier molecular flexibility index (Phi) is 27.5. The Hall–Kier alpha value is 0.643. The van der Waals surface area contributed by atoms with Crippen LogP contribution in [0.1, 0.15) is 40.5 Å². The molecule has 0 aromatic rings. The van der Waals surface area contributed by atoms with Crippen LogP contribution in [0.2, 0.25) is 147 Å². The minimum absolute atomic E-state index is 0. The van der Waals surface area contributed by atoms with Crippen molar-refractivity contribution in [3.05, 3.63) is 37.0 Å². The number of carbonyl (C=O) groups excluding carboxylic acids is 2. The molecule has 12 atom stereocenters. The molecule has 0 amide bonds. The Morgan fingerprint density at radius 2 is 0.868 bits per heavy atom. The Balaban J connectivity index is 0.000000268. The van der Waals surface area contributed by atoms with Crippen molar-refractivity contribution in [3.63, 3.8) is 0 Å². The zero-order chi connectivity index (χ0) is 48.2. The van der Waals surface area contributed by atoms with Crippen LogP contribution in [0.4, 0.5) is 0 Å². The van der Waals surface area contributed by atoms with E-state index in [1.807, 2.05) is 0 Å². The fourth-order valence-electron chi connectivity index (χ4n) is 15.4. The number of allylic oxidation sites excluding steroid dienone is 4. The van der Waals surface area contributed by atoms with E-state index < -0.39 is 86.5 Å². The largest absolute Gasteiger partial charge is 0.463 e. The van der Waals surface area contributed by atoms with Gasteiger partial charge in [0.15, 0.2) is 25.0 Å². The van der Waals surface area contributed by atoms with Crippen LogP contribution >= 0.6 is 0 Å². The number of fused-ring (bicyclic) bond motifs is 4. The molecule has 3 heterocycles. The molecule has 19 heteroatoms. The number of carbonyl (C=O) groups is 2. The van der Waals surface area contributed by atoms with Gasteiger partial charge in [-0.1, -0.05) is 139 Å². The van der Waals surface area contributed by atoms with E-state index in [9.17, 15) is 9.59 Å². The summed E-state index contributed by atoms with van der Waals surface area (Å²) in [5.41, 5.74) is 18.9. The molecule has 394 valence electrons. The third kappa shape index (κ3) is 21.1. The minimum Gasteiger partial charge on any atom is -0.463 e. The second-order valence-corrected chi connectivity index (χ2v) is 76.0. The van der Waals surface area contributed by atoms with Crippen molar-refractivity contribution in [1.29, 1.82) is 0 Å². The molecule has 7 rings (SSSR count). The van der Waals surface area contributed by atoms with Crippen molar-refractivity contribution in [2.24, 2.45) is 35.5 Å². The van der Waals surface area contributed by atoms with Gasteiger partial charge in [0.25, 0.3) is 0 Å². The van der Waals surface area contributed by atoms with Gasteiger partial charge in [0.05, 0.1) is 19.1 Å². The highest BCUT2D eigenvalue weighted by Gasteiger charge is 2.43. The molecule has 7 nitrogen and oxygen atoms in total. The van der Waals surface area contributed by atoms with Crippen LogP contribution in [0, 0.1) is 35.5 Å². The van der Waals surface area contributed by atoms with Crippen molar-refractivity contribution in [2.75, 3.05) is 33.0 Å². The van der Waals surface area contributed by atoms with Crippen LogP contribution in [0.5, 0.6) is 0 Å². The van der Waals surface area contributed by atoms with Crippen molar-refractivity contribution >= 4 is 116 Å². The van der Waals surface area contributed by atoms with Gasteiger partial charge in [-0.25, -0.2) is 4.79 Å². The zero-order valence-electron chi connectivity index (χ0n) is 44.5. The predicted octanol–water partition coefficient (Wildman–Crippen LogP) is 9.93. The monoisotopic (exact) mass is 1140 g/mol. The fourth-order valence-corrected chi connectivity index (χ4v) is 115. The van der Waals surface area contributed by atoms with Gasteiger partial charge >= 0.3 is 11.9 Å². The first kappa shape index (κ1) is 62.9. The standard InChI is InChI=1S/C18H36O3Si4.C16H34OSi4.C13H30O3Si4.2CH4/c1-22-11-23(2)13-25(4,14-24(3)12-22)21-8-7-20-18(19)17-10-15-5-6-16(17)9-15;1-18-10-19(2)12-21(4,13-20(3)11-18)17-9-16-8-14-5-6-15(16)7-14;1-6-13(14)15-7-8-16-20(5)11-18(3)9-17(2)10-19(4)12-20;;/h5-6,15-17,22-24H,7-14H2,1-4H3;5-6,14-16,18-20H,7-13H2,1-4H3;6,17-19H,1,7-12H2,2-5H3;2*1H4. The Morgan fingerprint density at radius 1 is 0.500 bits per heavy atom. The lowest BCUT2D eigenvalue weighted by molar-refractivity contribution is -0.150. The van der Waals surface area contributed by atoms with Gasteiger partial charge in [-0.3, -0.25) is 4.79 Å². The topological polar surface area (TPSA) is 80.3 Å². The molecule has 3 saturated heterocycles. The lowest BCUT2D eigenvalue weighted by atomic mass is 9.94. The second kappa shape index (κ2) is 29.7. The summed E-state index contributed by atoms with van der Waals surface area (Å²) in [7, 11) is -8.68. The molecule has 0 aromatic heterocycles. The number of esters is 2. The van der Waals surface area contributed by atoms with Gasteiger partial charge in [0.2, 0.25) is 0 Å². The maximum absolute atomic E-state index is 12.3. The van der Waals surface area contributed by atoms with E-state index >= 15 is 0 Å². The highest BCUT2D eigenvalue weighted by atomic mass is 28.4. The van der Waals surface area contributed by atoms with E-state index in [4.69, 9.17) is 22.8 Å². The summed E-state index contributed by atoms with van der Waals surface area (Å²) in [6.07, 6.45) is 15.7. The third-order valence-corrected chi connectivity index (χ3v) is 95.6. The minimum atomic E-state index is -1.55. The molecule has 68 heavy (non-hydrogen) atoms. The molecule has 5 fully saturated rings. The molecule has 7 aliphatic rings. The van der Waals surface area contributed by atoms with Crippen molar-refractivity contribution in [2.45, 2.75) is 187 Å². The van der Waals surface area contributed by atoms with Gasteiger partial charge < -0.3 is 22.8 Å². The van der Waals surface area contributed by atoms with Gasteiger partial charge in [0.1, 0.15) is 13.2 Å². The highest BCUT2D eigenvalue weighted by molar-refractivity contribution is 7.00. The lowest BCUT2D eigenvalue weighted by Gasteiger charge is -2.37. The summed E-state index contributed by atoms with van der Waals surface area (Å²) >= 11 is 0. The Labute approximate surface area is 437 Å². The summed E-state index contributed by atoms with van der Waals surface area (Å²) in [5.74, 6) is 3.53. The molecule has 3 aliphatic heterocycles. The first-order valence-electron chi connectivity index (χ1n) is 27.4. The second-order valence-electron chi connectivity index (χ2n) is 25.4. The molecule has 12 unspecified atom stereocenters. The van der Waals surface area contributed by atoms with Crippen LogP contribution in [-0.4, -0.2) is 149 Å². The Bertz CT molecular complexity index is 1570. The first-order chi connectivity index (χ1) is 31.1. The van der Waals surface area contributed by atoms with Crippen LogP contribution in [0.25, 0.3) is 0 Å². The maximum atomic E-state index is 12.3. The number of rotatable bonds is 13. The van der Waals surface area contributed by atoms with E-state index in [0.29, 0.717) is 38.3 Å². The van der Waals surface area contributed by atoms with Crippen molar-refractivity contribution in [1.82, 2.24) is 0 Å². The quantitative estimate of drug-likeness (QED) is 0.0598. The number of hydrogen-bond acceptors (Lipinski definition) is 7. The summed E-state index contributed by atoms with van der Waals surface area (Å²) in [5, 5.41) is 0. The summed E-state index contributed by atoms with van der Waals surface area (Å²) < 4.78 is 30.2. The van der Waals surface area contributed by atoms with Gasteiger partial charge in [-0.05, 0) is 109 Å². The molecule has 0 N–H and O–H groups in total. The van der Waals surface area contributed by atoms with E-state index in [1.54, 1.807) is 45.3 Å². The van der Waals surface area contributed by atoms with Crippen LogP contribution in [0.15, 0.2) is 37.0 Å². The van der Waals surface area contributed by atoms with Crippen LogP contribution < -0.4 is 0 Å². The van der Waals surface area contributed by atoms with Crippen LogP contribution in [0.3, 0.4) is 0 Å². The SMILES string of the molecule is C.C.C=CC(=O)OCCO[Si]1(C)C[SiH](C)C[SiH](C)C[SiH](C)C1.C[SiH]1C[SiH](C)C[Si](C)(OCC2CC3C=CC2C3)C[SiH](C)C1.C[SiH]1C[SiH](C)C[Si](C)(OCCOC(=O)C2CC3C=CC2C3)C[SiH](C)C1. The average Bonchev–Trinajstić information content (AvgIpc) is 4.03. The van der Waals surface area contributed by atoms with E-state index in [0.717, 1.165) is 37.2 Å². The smallest absolute Gasteiger partial charge is 0.330 e. The molecule has 4 bridgehead atoms. The lowest BCUT2D eigenvalue weighted by Crippen LogP contribution is -2.47. The maximum Gasteiger partial charge on any atom is 0.330 e. The third-order valence-electron chi connectivity index (χ3n) is 16.9. The van der Waals surface area contributed by atoms with Crippen molar-refractivity contribution < 1.29 is 32.3 Å².